The van der Waals surface area contributed by atoms with Crippen LogP contribution in [0.2, 0.25) is 0 Å². The number of hydrogen-bond acceptors (Lipinski definition) is 3. The molecule has 1 saturated heterocycles. The molecule has 29 heavy (non-hydrogen) atoms. The Kier molecular flexibility index (Phi) is 4.74. The highest BCUT2D eigenvalue weighted by Crippen LogP contribution is 2.21. The molecule has 5 heteroatoms. The van der Waals surface area contributed by atoms with Crippen LogP contribution >= 0.6 is 0 Å². The van der Waals surface area contributed by atoms with Crippen LogP contribution in [0.25, 0.3) is 21.8 Å². The van der Waals surface area contributed by atoms with Crippen molar-refractivity contribution in [1.29, 1.82) is 0 Å². The van der Waals surface area contributed by atoms with E-state index in [9.17, 15) is 4.79 Å². The second-order valence-corrected chi connectivity index (χ2v) is 7.50. The molecular formula is C24H23N3O2. The van der Waals surface area contributed by atoms with Crippen LogP contribution in [0.3, 0.4) is 0 Å². The number of nitrogens with zero attached hydrogens (tertiary/aromatic N) is 2. The zero-order valence-electron chi connectivity index (χ0n) is 16.2. The predicted octanol–water partition coefficient (Wildman–Crippen LogP) is 4.03. The van der Waals surface area contributed by atoms with Crippen molar-refractivity contribution in [3.05, 3.63) is 78.1 Å². The fraction of sp³-hybridized carbons (Fsp3) is 0.250. The monoisotopic (exact) mass is 385 g/mol. The maximum Gasteiger partial charge on any atom is 0.249 e. The van der Waals surface area contributed by atoms with Crippen LogP contribution in [0.15, 0.2) is 66.7 Å². The summed E-state index contributed by atoms with van der Waals surface area (Å²) in [6.45, 7) is 1.76. The summed E-state index contributed by atoms with van der Waals surface area (Å²) < 4.78 is 7.68. The Morgan fingerprint density at radius 3 is 2.76 bits per heavy atom. The summed E-state index contributed by atoms with van der Waals surface area (Å²) in [5.74, 6) is 0.803. The molecule has 146 valence electrons. The number of fused-ring (bicyclic) bond motifs is 2. The molecule has 0 aliphatic carbocycles. The molecule has 3 aromatic carbocycles. The molecule has 5 nitrogen and oxygen atoms in total. The van der Waals surface area contributed by atoms with Gasteiger partial charge in [-0.15, -0.1) is 0 Å². The number of carbonyl (C=O) groups excluding carboxylic acids is 1. The Labute approximate surface area is 169 Å². The molecule has 1 amide bonds. The molecule has 0 radical (unpaired) electrons. The van der Waals surface area contributed by atoms with Crippen molar-refractivity contribution < 1.29 is 9.53 Å². The smallest absolute Gasteiger partial charge is 0.249 e. The molecule has 1 fully saturated rings. The van der Waals surface area contributed by atoms with Crippen molar-refractivity contribution in [2.45, 2.75) is 32.0 Å². The normalized spacial score (nSPS) is 16.5. The molecule has 1 unspecified atom stereocenters. The van der Waals surface area contributed by atoms with E-state index in [2.05, 4.69) is 58.4 Å². The van der Waals surface area contributed by atoms with E-state index in [1.807, 2.05) is 18.2 Å². The number of nitrogens with one attached hydrogen (secondary N) is 1. The summed E-state index contributed by atoms with van der Waals surface area (Å²) >= 11 is 0. The summed E-state index contributed by atoms with van der Waals surface area (Å²) in [6, 6.07) is 23.0. The number of para-hydroxylation sites is 2. The van der Waals surface area contributed by atoms with Gasteiger partial charge in [0.2, 0.25) is 5.91 Å². The maximum absolute atomic E-state index is 12.4. The molecule has 0 bridgehead atoms. The molecule has 1 N–H and O–H groups in total. The van der Waals surface area contributed by atoms with Crippen molar-refractivity contribution >= 4 is 27.7 Å². The third-order valence-electron chi connectivity index (χ3n) is 5.53. The number of carbonyl (C=O) groups is 1. The van der Waals surface area contributed by atoms with Crippen LogP contribution < -0.4 is 5.32 Å². The van der Waals surface area contributed by atoms with Gasteiger partial charge in [-0.05, 0) is 47.4 Å². The zero-order valence-corrected chi connectivity index (χ0v) is 16.2. The average molecular weight is 385 g/mol. The van der Waals surface area contributed by atoms with E-state index in [1.54, 1.807) is 0 Å². The van der Waals surface area contributed by atoms with E-state index in [1.165, 1.54) is 16.3 Å². The number of rotatable bonds is 5. The fourth-order valence-corrected chi connectivity index (χ4v) is 4.02. The highest BCUT2D eigenvalue weighted by Gasteiger charge is 2.23. The summed E-state index contributed by atoms with van der Waals surface area (Å²) in [5.41, 5.74) is 3.22. The second-order valence-electron chi connectivity index (χ2n) is 7.50. The van der Waals surface area contributed by atoms with Gasteiger partial charge >= 0.3 is 0 Å². The topological polar surface area (TPSA) is 56.2 Å². The summed E-state index contributed by atoms with van der Waals surface area (Å²) in [7, 11) is 0. The predicted molar refractivity (Wildman–Crippen MR) is 114 cm³/mol. The van der Waals surface area contributed by atoms with E-state index < -0.39 is 0 Å². The highest BCUT2D eigenvalue weighted by molar-refractivity contribution is 5.83. The third-order valence-corrected chi connectivity index (χ3v) is 5.53. The molecule has 0 saturated carbocycles. The van der Waals surface area contributed by atoms with Crippen LogP contribution in [0.5, 0.6) is 0 Å². The number of amides is 1. The van der Waals surface area contributed by atoms with E-state index in [-0.39, 0.29) is 12.0 Å². The Hall–Kier alpha value is -3.18. The standard InChI is InChI=1S/C24H23N3O2/c28-24(22-10-5-13-29-22)25-15-23-26-20-8-3-4-9-21(20)27(23)16-17-11-12-18-6-1-2-7-19(18)14-17/h1-4,6-9,11-12,14,22H,5,10,13,15-16H2,(H,25,28). The third kappa shape index (κ3) is 3.61. The first-order chi connectivity index (χ1) is 14.3. The lowest BCUT2D eigenvalue weighted by Crippen LogP contribution is -2.34. The van der Waals surface area contributed by atoms with Crippen LogP contribution in [-0.4, -0.2) is 28.2 Å². The lowest BCUT2D eigenvalue weighted by molar-refractivity contribution is -0.130. The molecule has 1 atom stereocenters. The minimum Gasteiger partial charge on any atom is -0.368 e. The number of aromatic nitrogens is 2. The largest absolute Gasteiger partial charge is 0.368 e. The first-order valence-electron chi connectivity index (χ1n) is 10.1. The molecule has 2 heterocycles. The lowest BCUT2D eigenvalue weighted by Gasteiger charge is -2.13. The fourth-order valence-electron chi connectivity index (χ4n) is 4.02. The van der Waals surface area contributed by atoms with E-state index in [0.29, 0.717) is 19.7 Å². The van der Waals surface area contributed by atoms with Gasteiger partial charge in [0.05, 0.1) is 17.6 Å². The minimum atomic E-state index is -0.326. The van der Waals surface area contributed by atoms with Gasteiger partial charge in [-0.1, -0.05) is 48.5 Å². The van der Waals surface area contributed by atoms with Crippen molar-refractivity contribution in [1.82, 2.24) is 14.9 Å². The first kappa shape index (κ1) is 17.9. The summed E-state index contributed by atoms with van der Waals surface area (Å²) in [6.07, 6.45) is 1.41. The lowest BCUT2D eigenvalue weighted by atomic mass is 10.1. The summed E-state index contributed by atoms with van der Waals surface area (Å²) in [4.78, 5) is 17.2. The second kappa shape index (κ2) is 7.68. The van der Waals surface area contributed by atoms with E-state index in [0.717, 1.165) is 29.7 Å². The number of ether oxygens (including phenoxy) is 1. The van der Waals surface area contributed by atoms with E-state index in [4.69, 9.17) is 9.72 Å². The molecule has 5 rings (SSSR count). The van der Waals surface area contributed by atoms with Gasteiger partial charge in [0.15, 0.2) is 0 Å². The van der Waals surface area contributed by atoms with Gasteiger partial charge in [-0.25, -0.2) is 4.98 Å². The van der Waals surface area contributed by atoms with Gasteiger partial charge in [0, 0.05) is 13.2 Å². The van der Waals surface area contributed by atoms with Crippen molar-refractivity contribution in [3.8, 4) is 0 Å². The average Bonchev–Trinajstić information content (AvgIpc) is 3.41. The van der Waals surface area contributed by atoms with Crippen molar-refractivity contribution in [2.24, 2.45) is 0 Å². The molecule has 1 aliphatic heterocycles. The van der Waals surface area contributed by atoms with E-state index >= 15 is 0 Å². The van der Waals surface area contributed by atoms with Gasteiger partial charge in [0.25, 0.3) is 0 Å². The Balaban J connectivity index is 1.44. The minimum absolute atomic E-state index is 0.0492. The number of imidazole rings is 1. The number of hydrogen-bond donors (Lipinski definition) is 1. The summed E-state index contributed by atoms with van der Waals surface area (Å²) in [5, 5.41) is 5.47. The van der Waals surface area contributed by atoms with Crippen LogP contribution in [-0.2, 0) is 22.6 Å². The molecule has 1 aliphatic rings. The quantitative estimate of drug-likeness (QED) is 0.564. The molecule has 4 aromatic rings. The van der Waals surface area contributed by atoms with Crippen molar-refractivity contribution in [2.75, 3.05) is 6.61 Å². The van der Waals surface area contributed by atoms with Crippen LogP contribution in [0.1, 0.15) is 24.2 Å². The molecular weight excluding hydrogens is 362 g/mol. The van der Waals surface area contributed by atoms with Gasteiger partial charge < -0.3 is 14.6 Å². The van der Waals surface area contributed by atoms with Gasteiger partial charge in [0.1, 0.15) is 11.9 Å². The Bertz CT molecular complexity index is 1180. The van der Waals surface area contributed by atoms with Gasteiger partial charge in [-0.2, -0.15) is 0 Å². The Morgan fingerprint density at radius 1 is 1.07 bits per heavy atom. The maximum atomic E-state index is 12.4. The highest BCUT2D eigenvalue weighted by atomic mass is 16.5. The van der Waals surface area contributed by atoms with Gasteiger partial charge in [-0.3, -0.25) is 4.79 Å². The van der Waals surface area contributed by atoms with Crippen molar-refractivity contribution in [3.63, 3.8) is 0 Å². The first-order valence-corrected chi connectivity index (χ1v) is 10.1. The van der Waals surface area contributed by atoms with Crippen LogP contribution in [0, 0.1) is 0 Å². The number of benzene rings is 3. The SMILES string of the molecule is O=C(NCc1nc2ccccc2n1Cc1ccc2ccccc2c1)C1CCCO1. The van der Waals surface area contributed by atoms with Crippen LogP contribution in [0.4, 0.5) is 0 Å². The zero-order chi connectivity index (χ0) is 19.6. The Morgan fingerprint density at radius 2 is 1.90 bits per heavy atom. The molecule has 0 spiro atoms. The molecule has 1 aromatic heterocycles.